The predicted octanol–water partition coefficient (Wildman–Crippen LogP) is 13.5. The first-order chi connectivity index (χ1) is 27.7. The third kappa shape index (κ3) is 5.63. The van der Waals surface area contributed by atoms with E-state index >= 15 is 0 Å². The van der Waals surface area contributed by atoms with Gasteiger partial charge >= 0.3 is 0 Å². The monoisotopic (exact) mass is 734 g/mol. The van der Waals surface area contributed by atoms with Crippen LogP contribution in [-0.4, -0.2) is 19.9 Å². The Balaban J connectivity index is 1.03. The van der Waals surface area contributed by atoms with Crippen molar-refractivity contribution < 1.29 is 4.42 Å². The standard InChI is InChI=1S/C50H30N4OS/c1-4-11-31(12-5-1)32-19-21-35(22-20-32)48-52-47(34-13-6-2-7-14-34)53-49(54-48)39-18-10-17-37(29-39)38-25-27-42-40(30-38)45-43(56-42)28-24-33-23-26-41-46(44(33)45)55-50(51-41)36-15-8-3-9-16-36/h1-30H. The van der Waals surface area contributed by atoms with Crippen LogP contribution in [0, 0.1) is 0 Å². The number of hydrogen-bond donors (Lipinski definition) is 0. The molecule has 3 heterocycles. The smallest absolute Gasteiger partial charge is 0.227 e. The minimum atomic E-state index is 0.623. The van der Waals surface area contributed by atoms with Crippen molar-refractivity contribution in [2.45, 2.75) is 0 Å². The molecule has 11 aromatic rings. The fourth-order valence-electron chi connectivity index (χ4n) is 7.58. The Hall–Kier alpha value is -7.28. The summed E-state index contributed by atoms with van der Waals surface area (Å²) in [6, 6.07) is 62.9. The van der Waals surface area contributed by atoms with Crippen LogP contribution in [0.2, 0.25) is 0 Å². The highest BCUT2D eigenvalue weighted by atomic mass is 32.1. The summed E-state index contributed by atoms with van der Waals surface area (Å²) in [6.07, 6.45) is 0. The van der Waals surface area contributed by atoms with Gasteiger partial charge in [0.15, 0.2) is 23.1 Å². The molecule has 56 heavy (non-hydrogen) atoms. The molecule has 0 bridgehead atoms. The van der Waals surface area contributed by atoms with Gasteiger partial charge in [-0.2, -0.15) is 0 Å². The molecule has 0 aliphatic heterocycles. The van der Waals surface area contributed by atoms with Gasteiger partial charge in [0.1, 0.15) is 5.52 Å². The number of thiophene rings is 1. The van der Waals surface area contributed by atoms with E-state index < -0.39 is 0 Å². The van der Waals surface area contributed by atoms with Crippen molar-refractivity contribution in [1.82, 2.24) is 19.9 Å². The summed E-state index contributed by atoms with van der Waals surface area (Å²) in [6.45, 7) is 0. The zero-order chi connectivity index (χ0) is 37.0. The summed E-state index contributed by atoms with van der Waals surface area (Å²) < 4.78 is 8.99. The molecule has 0 aliphatic carbocycles. The summed E-state index contributed by atoms with van der Waals surface area (Å²) in [7, 11) is 0. The predicted molar refractivity (Wildman–Crippen MR) is 230 cm³/mol. The van der Waals surface area contributed by atoms with Crippen LogP contribution in [0.3, 0.4) is 0 Å². The third-order valence-electron chi connectivity index (χ3n) is 10.4. The molecule has 0 saturated carbocycles. The first kappa shape index (κ1) is 32.2. The maximum atomic E-state index is 6.56. The largest absolute Gasteiger partial charge is 0.435 e. The molecule has 0 fully saturated rings. The maximum absolute atomic E-state index is 6.56. The second-order valence-electron chi connectivity index (χ2n) is 13.8. The van der Waals surface area contributed by atoms with E-state index in [0.29, 0.717) is 23.4 Å². The van der Waals surface area contributed by atoms with Crippen molar-refractivity contribution in [2.75, 3.05) is 0 Å². The van der Waals surface area contributed by atoms with Gasteiger partial charge in [0, 0.05) is 47.8 Å². The van der Waals surface area contributed by atoms with E-state index in [1.807, 2.05) is 66.7 Å². The van der Waals surface area contributed by atoms with Gasteiger partial charge in [0.05, 0.1) is 0 Å². The van der Waals surface area contributed by atoms with Crippen LogP contribution < -0.4 is 0 Å². The highest BCUT2D eigenvalue weighted by molar-refractivity contribution is 7.26. The first-order valence-electron chi connectivity index (χ1n) is 18.5. The van der Waals surface area contributed by atoms with Crippen molar-refractivity contribution in [3.05, 3.63) is 182 Å². The number of nitrogens with zero attached hydrogens (tertiary/aromatic N) is 4. The number of aromatic nitrogens is 4. The highest BCUT2D eigenvalue weighted by Crippen LogP contribution is 2.43. The molecule has 0 spiro atoms. The average Bonchev–Trinajstić information content (AvgIpc) is 3.89. The Morgan fingerprint density at radius 2 is 0.875 bits per heavy atom. The Morgan fingerprint density at radius 3 is 1.61 bits per heavy atom. The molecule has 0 saturated heterocycles. The summed E-state index contributed by atoms with van der Waals surface area (Å²) in [5.74, 6) is 2.52. The molecule has 0 amide bonds. The van der Waals surface area contributed by atoms with Crippen LogP contribution in [0.4, 0.5) is 0 Å². The van der Waals surface area contributed by atoms with Crippen molar-refractivity contribution in [2.24, 2.45) is 0 Å². The summed E-state index contributed by atoms with van der Waals surface area (Å²) in [4.78, 5) is 20.0. The van der Waals surface area contributed by atoms with E-state index in [0.717, 1.165) is 60.8 Å². The lowest BCUT2D eigenvalue weighted by atomic mass is 9.98. The van der Waals surface area contributed by atoms with Crippen LogP contribution in [0.15, 0.2) is 186 Å². The second kappa shape index (κ2) is 13.2. The van der Waals surface area contributed by atoms with Crippen molar-refractivity contribution in [1.29, 1.82) is 0 Å². The van der Waals surface area contributed by atoms with Gasteiger partial charge in [0.25, 0.3) is 0 Å². The quantitative estimate of drug-likeness (QED) is 0.170. The van der Waals surface area contributed by atoms with E-state index in [-0.39, 0.29) is 0 Å². The van der Waals surface area contributed by atoms with Crippen LogP contribution in [-0.2, 0) is 0 Å². The lowest BCUT2D eigenvalue weighted by molar-refractivity contribution is 0.623. The molecular formula is C50H30N4OS. The Labute approximate surface area is 326 Å². The van der Waals surface area contributed by atoms with Gasteiger partial charge in [-0.25, -0.2) is 19.9 Å². The summed E-state index contributed by atoms with van der Waals surface area (Å²) >= 11 is 1.80. The molecular weight excluding hydrogens is 705 g/mol. The maximum Gasteiger partial charge on any atom is 0.227 e. The van der Waals surface area contributed by atoms with Crippen LogP contribution >= 0.6 is 11.3 Å². The molecule has 8 aromatic carbocycles. The van der Waals surface area contributed by atoms with Crippen molar-refractivity contribution in [3.63, 3.8) is 0 Å². The molecule has 0 unspecified atom stereocenters. The zero-order valence-corrected chi connectivity index (χ0v) is 30.7. The summed E-state index contributed by atoms with van der Waals surface area (Å²) in [5.41, 5.74) is 9.92. The SMILES string of the molecule is c1ccc(-c2ccc(-c3nc(-c4ccccc4)nc(-c4cccc(-c5ccc6sc7ccc8ccc9nc(-c%10ccccc%10)oc9c8c7c6c5)c4)n3)cc2)cc1. The van der Waals surface area contributed by atoms with Gasteiger partial charge in [-0.15, -0.1) is 11.3 Å². The average molecular weight is 735 g/mol. The second-order valence-corrected chi connectivity index (χ2v) is 14.9. The molecule has 262 valence electrons. The van der Waals surface area contributed by atoms with E-state index in [2.05, 4.69) is 115 Å². The molecule has 6 heteroatoms. The lowest BCUT2D eigenvalue weighted by Crippen LogP contribution is -2.00. The number of benzene rings is 8. The van der Waals surface area contributed by atoms with E-state index in [9.17, 15) is 0 Å². The Kier molecular flexibility index (Phi) is 7.60. The van der Waals surface area contributed by atoms with Crippen molar-refractivity contribution in [3.8, 4) is 67.9 Å². The van der Waals surface area contributed by atoms with Crippen molar-refractivity contribution >= 4 is 53.4 Å². The fourth-order valence-corrected chi connectivity index (χ4v) is 8.67. The topological polar surface area (TPSA) is 64.7 Å². The van der Waals surface area contributed by atoms with E-state index in [1.165, 1.54) is 25.7 Å². The van der Waals surface area contributed by atoms with Gasteiger partial charge in [-0.3, -0.25) is 0 Å². The normalized spacial score (nSPS) is 11.6. The molecule has 5 nitrogen and oxygen atoms in total. The van der Waals surface area contributed by atoms with E-state index in [4.69, 9.17) is 24.4 Å². The minimum Gasteiger partial charge on any atom is -0.435 e. The minimum absolute atomic E-state index is 0.623. The molecule has 11 rings (SSSR count). The molecule has 0 N–H and O–H groups in total. The zero-order valence-electron chi connectivity index (χ0n) is 29.9. The number of hydrogen-bond acceptors (Lipinski definition) is 6. The molecule has 0 radical (unpaired) electrons. The molecule has 3 aromatic heterocycles. The third-order valence-corrected chi connectivity index (χ3v) is 11.5. The van der Waals surface area contributed by atoms with Crippen LogP contribution in [0.25, 0.3) is 110 Å². The lowest BCUT2D eigenvalue weighted by Gasteiger charge is -2.10. The molecule has 0 aliphatic rings. The van der Waals surface area contributed by atoms with Gasteiger partial charge in [0.2, 0.25) is 5.89 Å². The number of rotatable bonds is 6. The van der Waals surface area contributed by atoms with Crippen LogP contribution in [0.5, 0.6) is 0 Å². The first-order valence-corrected chi connectivity index (χ1v) is 19.4. The number of oxazole rings is 1. The van der Waals surface area contributed by atoms with Crippen LogP contribution in [0.1, 0.15) is 0 Å². The van der Waals surface area contributed by atoms with E-state index in [1.54, 1.807) is 11.3 Å². The Morgan fingerprint density at radius 1 is 0.357 bits per heavy atom. The van der Waals surface area contributed by atoms with Gasteiger partial charge in [-0.05, 0) is 70.1 Å². The summed E-state index contributed by atoms with van der Waals surface area (Å²) in [5, 5.41) is 4.60. The molecule has 0 atom stereocenters. The van der Waals surface area contributed by atoms with Gasteiger partial charge in [-0.1, -0.05) is 140 Å². The number of fused-ring (bicyclic) bond motifs is 7. The van der Waals surface area contributed by atoms with Gasteiger partial charge < -0.3 is 4.42 Å². The fraction of sp³-hybridized carbons (Fsp3) is 0. The Bertz CT molecular complexity index is 3230. The highest BCUT2D eigenvalue weighted by Gasteiger charge is 2.18.